The van der Waals surface area contributed by atoms with E-state index in [2.05, 4.69) is 33.4 Å². The minimum atomic E-state index is -0.902. The van der Waals surface area contributed by atoms with Gasteiger partial charge in [0.05, 0.1) is 12.6 Å². The number of anilines is 2. The van der Waals surface area contributed by atoms with Crippen LogP contribution in [-0.4, -0.2) is 63.9 Å². The normalized spacial score (nSPS) is 25.2. The second kappa shape index (κ2) is 6.55. The van der Waals surface area contributed by atoms with Crippen molar-refractivity contribution in [3.05, 3.63) is 30.0 Å². The molecule has 2 aromatic rings. The number of rotatable bonds is 5. The van der Waals surface area contributed by atoms with E-state index in [9.17, 15) is 9.90 Å². The number of ether oxygens (including phenoxy) is 1. The lowest BCUT2D eigenvalue weighted by Gasteiger charge is -2.22. The highest BCUT2D eigenvalue weighted by Gasteiger charge is 2.42. The second-order valence-electron chi connectivity index (χ2n) is 8.25. The van der Waals surface area contributed by atoms with Crippen LogP contribution >= 0.6 is 0 Å². The SMILES string of the molecule is CO[C@@H]1C[C@@H](C(=O)O)N(c2nc(NC3=NCC(C4(C)CC4)=C3)c3cccn3n2)C1. The molecule has 2 fully saturated rings. The van der Waals surface area contributed by atoms with Crippen molar-refractivity contribution >= 4 is 29.1 Å². The predicted octanol–water partition coefficient (Wildman–Crippen LogP) is 1.96. The Balaban J connectivity index is 1.48. The second-order valence-corrected chi connectivity index (χ2v) is 8.25. The Labute approximate surface area is 168 Å². The number of hydrogen-bond donors (Lipinski definition) is 2. The Morgan fingerprint density at radius 3 is 2.97 bits per heavy atom. The summed E-state index contributed by atoms with van der Waals surface area (Å²) in [6.45, 7) is 3.43. The van der Waals surface area contributed by atoms with Gasteiger partial charge in [0.2, 0.25) is 5.95 Å². The van der Waals surface area contributed by atoms with Crippen LogP contribution in [0.3, 0.4) is 0 Å². The van der Waals surface area contributed by atoms with E-state index in [-0.39, 0.29) is 6.10 Å². The molecule has 0 unspecified atom stereocenters. The van der Waals surface area contributed by atoms with Gasteiger partial charge in [-0.1, -0.05) is 6.92 Å². The molecule has 0 amide bonds. The number of nitrogens with zero attached hydrogens (tertiary/aromatic N) is 5. The van der Waals surface area contributed by atoms with E-state index in [0.717, 1.165) is 17.9 Å². The summed E-state index contributed by atoms with van der Waals surface area (Å²) < 4.78 is 7.11. The number of aliphatic imine (C=N–C) groups is 1. The minimum absolute atomic E-state index is 0.166. The summed E-state index contributed by atoms with van der Waals surface area (Å²) in [7, 11) is 1.60. The number of carboxylic acid groups (broad SMARTS) is 1. The zero-order valence-corrected chi connectivity index (χ0v) is 16.5. The molecule has 9 nitrogen and oxygen atoms in total. The average molecular weight is 396 g/mol. The monoisotopic (exact) mass is 396 g/mol. The molecule has 29 heavy (non-hydrogen) atoms. The molecule has 4 heterocycles. The van der Waals surface area contributed by atoms with Crippen molar-refractivity contribution < 1.29 is 14.6 Å². The summed E-state index contributed by atoms with van der Waals surface area (Å²) in [4.78, 5) is 22.8. The molecule has 2 aromatic heterocycles. The zero-order valence-electron chi connectivity index (χ0n) is 16.5. The molecule has 9 heteroatoms. The average Bonchev–Trinajstić information content (AvgIpc) is 3.16. The Bertz CT molecular complexity index is 1040. The highest BCUT2D eigenvalue weighted by Crippen LogP contribution is 2.52. The number of nitrogens with one attached hydrogen (secondary N) is 1. The third-order valence-corrected chi connectivity index (χ3v) is 6.27. The van der Waals surface area contributed by atoms with E-state index in [1.807, 2.05) is 18.3 Å². The standard InChI is InChI=1S/C20H24N6O3/c1-20(5-6-20)12-8-16(21-10-12)22-17-14-4-3-7-26(14)24-19(23-17)25-11-13(29-2)9-15(25)18(27)28/h3-4,7-8,13,15H,5-6,9-11H2,1-2H3,(H,27,28)(H,21,22,23,24)/t13-,15+/m1/s1. The van der Waals surface area contributed by atoms with Crippen LogP contribution in [0.2, 0.25) is 0 Å². The van der Waals surface area contributed by atoms with Crippen molar-refractivity contribution in [1.29, 1.82) is 0 Å². The highest BCUT2D eigenvalue weighted by molar-refractivity contribution is 6.07. The van der Waals surface area contributed by atoms with Crippen molar-refractivity contribution in [2.75, 3.05) is 30.4 Å². The predicted molar refractivity (Wildman–Crippen MR) is 109 cm³/mol. The summed E-state index contributed by atoms with van der Waals surface area (Å²) >= 11 is 0. The number of fused-ring (bicyclic) bond motifs is 1. The van der Waals surface area contributed by atoms with Gasteiger partial charge in [0.1, 0.15) is 17.4 Å². The first-order chi connectivity index (χ1) is 14.0. The molecule has 1 aliphatic carbocycles. The number of aromatic nitrogens is 3. The molecule has 5 rings (SSSR count). The number of hydrogen-bond acceptors (Lipinski definition) is 7. The fourth-order valence-corrected chi connectivity index (χ4v) is 4.06. The molecule has 0 radical (unpaired) electrons. The first-order valence-electron chi connectivity index (χ1n) is 9.87. The van der Waals surface area contributed by atoms with Crippen molar-refractivity contribution in [3.8, 4) is 0 Å². The zero-order chi connectivity index (χ0) is 20.2. The van der Waals surface area contributed by atoms with Gasteiger partial charge in [0.25, 0.3) is 0 Å². The van der Waals surface area contributed by atoms with Gasteiger partial charge in [-0.2, -0.15) is 4.98 Å². The summed E-state index contributed by atoms with van der Waals surface area (Å²) in [5.74, 6) is 0.856. The van der Waals surface area contributed by atoms with E-state index < -0.39 is 12.0 Å². The van der Waals surface area contributed by atoms with E-state index in [4.69, 9.17) is 4.74 Å². The van der Waals surface area contributed by atoms with E-state index in [1.54, 1.807) is 16.5 Å². The highest BCUT2D eigenvalue weighted by atomic mass is 16.5. The van der Waals surface area contributed by atoms with Gasteiger partial charge in [-0.3, -0.25) is 4.99 Å². The van der Waals surface area contributed by atoms with Crippen LogP contribution in [0.4, 0.5) is 11.8 Å². The third kappa shape index (κ3) is 3.15. The molecular formula is C20H24N6O3. The number of carboxylic acids is 1. The lowest BCUT2D eigenvalue weighted by atomic mass is 9.99. The molecule has 2 N–H and O–H groups in total. The van der Waals surface area contributed by atoms with Crippen molar-refractivity contribution in [2.45, 2.75) is 38.3 Å². The number of aliphatic carboxylic acids is 1. The maximum Gasteiger partial charge on any atom is 0.326 e. The Morgan fingerprint density at radius 2 is 2.24 bits per heavy atom. The minimum Gasteiger partial charge on any atom is -0.480 e. The fraction of sp³-hybridized carbons (Fsp3) is 0.500. The molecule has 1 saturated heterocycles. The summed E-state index contributed by atoms with van der Waals surface area (Å²) in [6, 6.07) is 3.09. The van der Waals surface area contributed by atoms with Crippen molar-refractivity contribution in [2.24, 2.45) is 10.4 Å². The molecule has 1 saturated carbocycles. The summed E-state index contributed by atoms with van der Waals surface area (Å²) in [6.07, 6.45) is 6.61. The molecule has 2 atom stereocenters. The number of carbonyl (C=O) groups is 1. The van der Waals surface area contributed by atoms with Crippen LogP contribution in [0.25, 0.3) is 5.52 Å². The molecule has 0 bridgehead atoms. The number of methoxy groups -OCH3 is 1. The first-order valence-corrected chi connectivity index (χ1v) is 9.87. The van der Waals surface area contributed by atoms with Gasteiger partial charge in [0.15, 0.2) is 5.82 Å². The van der Waals surface area contributed by atoms with Gasteiger partial charge in [0, 0.05) is 26.3 Å². The van der Waals surface area contributed by atoms with Crippen LogP contribution in [0, 0.1) is 5.41 Å². The summed E-state index contributed by atoms with van der Waals surface area (Å²) in [5.41, 5.74) is 2.47. The van der Waals surface area contributed by atoms with Gasteiger partial charge >= 0.3 is 5.97 Å². The van der Waals surface area contributed by atoms with Crippen LogP contribution in [0.5, 0.6) is 0 Å². The van der Waals surface area contributed by atoms with Crippen LogP contribution in [-0.2, 0) is 9.53 Å². The first kappa shape index (κ1) is 18.1. The molecule has 152 valence electrons. The van der Waals surface area contributed by atoms with Crippen molar-refractivity contribution in [3.63, 3.8) is 0 Å². The topological polar surface area (TPSA) is 104 Å². The lowest BCUT2D eigenvalue weighted by Crippen LogP contribution is -2.37. The Morgan fingerprint density at radius 1 is 1.41 bits per heavy atom. The maximum absolute atomic E-state index is 11.8. The third-order valence-electron chi connectivity index (χ3n) is 6.27. The molecule has 2 aliphatic heterocycles. The van der Waals surface area contributed by atoms with Gasteiger partial charge in [-0.05, 0) is 42.0 Å². The Kier molecular flexibility index (Phi) is 4.09. The van der Waals surface area contributed by atoms with Gasteiger partial charge < -0.3 is 20.1 Å². The van der Waals surface area contributed by atoms with E-state index in [1.165, 1.54) is 18.4 Å². The van der Waals surface area contributed by atoms with Crippen LogP contribution < -0.4 is 10.2 Å². The maximum atomic E-state index is 11.8. The van der Waals surface area contributed by atoms with Crippen molar-refractivity contribution in [1.82, 2.24) is 14.6 Å². The molecule has 0 aromatic carbocycles. The van der Waals surface area contributed by atoms with Crippen LogP contribution in [0.1, 0.15) is 26.2 Å². The lowest BCUT2D eigenvalue weighted by molar-refractivity contribution is -0.138. The largest absolute Gasteiger partial charge is 0.480 e. The van der Waals surface area contributed by atoms with E-state index in [0.29, 0.717) is 30.1 Å². The fourth-order valence-electron chi connectivity index (χ4n) is 4.06. The Hall–Kier alpha value is -2.94. The summed E-state index contributed by atoms with van der Waals surface area (Å²) in [5, 5.41) is 17.5. The molecule has 0 spiro atoms. The van der Waals surface area contributed by atoms with Gasteiger partial charge in [-0.25, -0.2) is 9.31 Å². The quantitative estimate of drug-likeness (QED) is 0.796. The van der Waals surface area contributed by atoms with E-state index >= 15 is 0 Å². The van der Waals surface area contributed by atoms with Crippen LogP contribution in [0.15, 0.2) is 35.0 Å². The molecule has 3 aliphatic rings. The van der Waals surface area contributed by atoms with Gasteiger partial charge in [-0.15, -0.1) is 5.10 Å². The smallest absolute Gasteiger partial charge is 0.326 e. The number of amidine groups is 1. The molecular weight excluding hydrogens is 372 g/mol.